The van der Waals surface area contributed by atoms with Gasteiger partial charge in [0.2, 0.25) is 0 Å². The van der Waals surface area contributed by atoms with Crippen LogP contribution >= 0.6 is 11.8 Å². The molecule has 1 aromatic carbocycles. The minimum atomic E-state index is -1.22. The lowest BCUT2D eigenvalue weighted by Gasteiger charge is -2.08. The van der Waals surface area contributed by atoms with E-state index in [9.17, 15) is 14.7 Å². The lowest BCUT2D eigenvalue weighted by molar-refractivity contribution is 0.0694. The molecule has 0 saturated heterocycles. The Morgan fingerprint density at radius 3 is 2.65 bits per heavy atom. The number of hydrogen-bond acceptors (Lipinski definition) is 4. The molecule has 6 nitrogen and oxygen atoms in total. The number of carbonyl (C=O) groups is 2. The van der Waals surface area contributed by atoms with Crippen LogP contribution in [0.25, 0.3) is 0 Å². The van der Waals surface area contributed by atoms with Gasteiger partial charge >= 0.3 is 12.0 Å². The molecule has 0 heterocycles. The topological polar surface area (TPSA) is 98.7 Å². The van der Waals surface area contributed by atoms with Gasteiger partial charge in [-0.1, -0.05) is 0 Å². The number of hydrogen-bond donors (Lipinski definition) is 4. The van der Waals surface area contributed by atoms with Crippen LogP contribution in [0.3, 0.4) is 0 Å². The highest BCUT2D eigenvalue weighted by Crippen LogP contribution is 2.21. The molecule has 0 radical (unpaired) electrons. The van der Waals surface area contributed by atoms with E-state index in [4.69, 9.17) is 5.11 Å². The van der Waals surface area contributed by atoms with Crippen molar-refractivity contribution in [2.24, 2.45) is 0 Å². The van der Waals surface area contributed by atoms with Crippen molar-refractivity contribution < 1.29 is 19.8 Å². The van der Waals surface area contributed by atoms with Crippen LogP contribution in [0.4, 0.5) is 10.5 Å². The predicted octanol–water partition coefficient (Wildman–Crippen LogP) is 2.36. The van der Waals surface area contributed by atoms with E-state index in [0.717, 1.165) is 18.6 Å². The first-order chi connectivity index (χ1) is 9.54. The van der Waals surface area contributed by atoms with Gasteiger partial charge in [0.25, 0.3) is 0 Å². The Morgan fingerprint density at radius 1 is 1.30 bits per heavy atom. The van der Waals surface area contributed by atoms with E-state index < -0.39 is 5.97 Å². The second-order valence-electron chi connectivity index (χ2n) is 4.12. The first kappa shape index (κ1) is 16.2. The van der Waals surface area contributed by atoms with Crippen LogP contribution in [0, 0.1) is 0 Å². The molecule has 0 aliphatic carbocycles. The van der Waals surface area contributed by atoms with E-state index in [1.165, 1.54) is 18.2 Å². The number of urea groups is 1. The van der Waals surface area contributed by atoms with Crippen LogP contribution in [0.5, 0.6) is 5.75 Å². The van der Waals surface area contributed by atoms with Gasteiger partial charge in [0, 0.05) is 18.3 Å². The third kappa shape index (κ3) is 5.40. The van der Waals surface area contributed by atoms with E-state index >= 15 is 0 Å². The molecular formula is C13H18N2O4S. The molecule has 2 amide bonds. The number of benzene rings is 1. The number of phenols is 1. The normalized spacial score (nSPS) is 10.1. The fourth-order valence-electron chi connectivity index (χ4n) is 1.54. The molecule has 4 N–H and O–H groups in total. The average Bonchev–Trinajstić information content (AvgIpc) is 2.38. The first-order valence-electron chi connectivity index (χ1n) is 6.14. The van der Waals surface area contributed by atoms with Crippen LogP contribution in [0.1, 0.15) is 23.2 Å². The number of carbonyl (C=O) groups excluding carboxylic acids is 1. The molecular weight excluding hydrogens is 280 g/mol. The largest absolute Gasteiger partial charge is 0.507 e. The smallest absolute Gasteiger partial charge is 0.339 e. The maximum Gasteiger partial charge on any atom is 0.339 e. The van der Waals surface area contributed by atoms with E-state index in [-0.39, 0.29) is 17.3 Å². The van der Waals surface area contributed by atoms with Gasteiger partial charge in [-0.25, -0.2) is 9.59 Å². The van der Waals surface area contributed by atoms with E-state index in [1.807, 2.05) is 6.26 Å². The zero-order chi connectivity index (χ0) is 15.0. The second kappa shape index (κ2) is 8.31. The minimum absolute atomic E-state index is 0.201. The van der Waals surface area contributed by atoms with Crippen LogP contribution in [0.2, 0.25) is 0 Å². The van der Waals surface area contributed by atoms with Gasteiger partial charge in [-0.15, -0.1) is 0 Å². The van der Waals surface area contributed by atoms with Gasteiger partial charge in [0.15, 0.2) is 0 Å². The Bertz CT molecular complexity index is 479. The summed E-state index contributed by atoms with van der Waals surface area (Å²) in [4.78, 5) is 22.3. The standard InChI is InChI=1S/C13H18N2O4S/c1-20-7-3-2-6-14-13(19)15-9-4-5-10(12(17)18)11(16)8-9/h4-5,8,16H,2-3,6-7H2,1H3,(H,17,18)(H2,14,15,19). The second-order valence-corrected chi connectivity index (χ2v) is 5.10. The van der Waals surface area contributed by atoms with Crippen LogP contribution in [0.15, 0.2) is 18.2 Å². The van der Waals surface area contributed by atoms with Crippen molar-refractivity contribution >= 4 is 29.4 Å². The number of carboxylic acid groups (broad SMARTS) is 1. The Hall–Kier alpha value is -1.89. The summed E-state index contributed by atoms with van der Waals surface area (Å²) in [5.74, 6) is -0.532. The van der Waals surface area contributed by atoms with Gasteiger partial charge in [-0.3, -0.25) is 0 Å². The SMILES string of the molecule is CSCCCCNC(=O)Nc1ccc(C(=O)O)c(O)c1. The van der Waals surface area contributed by atoms with Crippen LogP contribution in [-0.2, 0) is 0 Å². The number of amides is 2. The zero-order valence-electron chi connectivity index (χ0n) is 11.2. The molecule has 1 aromatic rings. The number of aromatic carboxylic acids is 1. The Labute approximate surface area is 121 Å². The minimum Gasteiger partial charge on any atom is -0.507 e. The molecule has 1 rings (SSSR count). The molecule has 0 aliphatic heterocycles. The van der Waals surface area contributed by atoms with Crippen molar-refractivity contribution in [1.82, 2.24) is 5.32 Å². The van der Waals surface area contributed by atoms with E-state index in [2.05, 4.69) is 10.6 Å². The lowest BCUT2D eigenvalue weighted by Crippen LogP contribution is -2.29. The van der Waals surface area contributed by atoms with Crippen molar-refractivity contribution in [1.29, 1.82) is 0 Å². The van der Waals surface area contributed by atoms with Gasteiger partial charge in [-0.2, -0.15) is 11.8 Å². The first-order valence-corrected chi connectivity index (χ1v) is 7.54. The maximum atomic E-state index is 11.5. The van der Waals surface area contributed by atoms with Crippen molar-refractivity contribution in [2.75, 3.05) is 23.9 Å². The molecule has 0 fully saturated rings. The summed E-state index contributed by atoms with van der Waals surface area (Å²) in [6.07, 6.45) is 3.97. The van der Waals surface area contributed by atoms with Crippen molar-refractivity contribution in [3.63, 3.8) is 0 Å². The monoisotopic (exact) mass is 298 g/mol. The summed E-state index contributed by atoms with van der Waals surface area (Å²) in [6.45, 7) is 0.575. The number of thioether (sulfide) groups is 1. The third-order valence-corrected chi connectivity index (χ3v) is 3.24. The molecule has 7 heteroatoms. The molecule has 20 heavy (non-hydrogen) atoms. The predicted molar refractivity (Wildman–Crippen MR) is 79.7 cm³/mol. The summed E-state index contributed by atoms with van der Waals surface area (Å²) in [5, 5.41) is 23.5. The lowest BCUT2D eigenvalue weighted by atomic mass is 10.2. The highest BCUT2D eigenvalue weighted by molar-refractivity contribution is 7.98. The number of nitrogens with one attached hydrogen (secondary N) is 2. The average molecular weight is 298 g/mol. The summed E-state index contributed by atoms with van der Waals surface area (Å²) in [6, 6.07) is 3.50. The molecule has 0 aliphatic rings. The maximum absolute atomic E-state index is 11.5. The molecule has 110 valence electrons. The quantitative estimate of drug-likeness (QED) is 0.579. The zero-order valence-corrected chi connectivity index (χ0v) is 12.0. The van der Waals surface area contributed by atoms with Gasteiger partial charge in [0.1, 0.15) is 11.3 Å². The fraction of sp³-hybridized carbons (Fsp3) is 0.385. The Balaban J connectivity index is 2.42. The Morgan fingerprint density at radius 2 is 2.05 bits per heavy atom. The van der Waals surface area contributed by atoms with Crippen molar-refractivity contribution in [3.05, 3.63) is 23.8 Å². The van der Waals surface area contributed by atoms with Gasteiger partial charge < -0.3 is 20.8 Å². The van der Waals surface area contributed by atoms with Gasteiger partial charge in [0.05, 0.1) is 0 Å². The van der Waals surface area contributed by atoms with Crippen molar-refractivity contribution in [2.45, 2.75) is 12.8 Å². The highest BCUT2D eigenvalue weighted by Gasteiger charge is 2.10. The van der Waals surface area contributed by atoms with E-state index in [0.29, 0.717) is 12.2 Å². The highest BCUT2D eigenvalue weighted by atomic mass is 32.2. The molecule has 0 bridgehead atoms. The summed E-state index contributed by atoms with van der Waals surface area (Å²) >= 11 is 1.76. The number of anilines is 1. The molecule has 0 atom stereocenters. The fourth-order valence-corrected chi connectivity index (χ4v) is 2.03. The molecule has 0 aromatic heterocycles. The van der Waals surface area contributed by atoms with Crippen molar-refractivity contribution in [3.8, 4) is 5.75 Å². The van der Waals surface area contributed by atoms with E-state index in [1.54, 1.807) is 11.8 Å². The number of aromatic hydroxyl groups is 1. The molecule has 0 unspecified atom stereocenters. The van der Waals surface area contributed by atoms with Gasteiger partial charge in [-0.05, 0) is 37.0 Å². The molecule has 0 saturated carbocycles. The Kier molecular flexibility index (Phi) is 6.72. The number of carboxylic acids is 1. The van der Waals surface area contributed by atoms with Crippen LogP contribution < -0.4 is 10.6 Å². The summed E-state index contributed by atoms with van der Waals surface area (Å²) < 4.78 is 0. The summed E-state index contributed by atoms with van der Waals surface area (Å²) in [7, 11) is 0. The summed E-state index contributed by atoms with van der Waals surface area (Å²) in [5.41, 5.74) is 0.141. The third-order valence-electron chi connectivity index (χ3n) is 2.55. The van der Waals surface area contributed by atoms with Crippen LogP contribution in [-0.4, -0.2) is 40.8 Å². The number of unbranched alkanes of at least 4 members (excludes halogenated alkanes) is 1. The number of rotatable bonds is 7. The molecule has 0 spiro atoms.